The van der Waals surface area contributed by atoms with Gasteiger partial charge < -0.3 is 14.8 Å². The van der Waals surface area contributed by atoms with E-state index in [1.165, 1.54) is 23.3 Å². The van der Waals surface area contributed by atoms with Crippen molar-refractivity contribution in [1.82, 2.24) is 19.8 Å². The number of aryl methyl sites for hydroxylation is 2. The number of hydrogen-bond acceptors (Lipinski definition) is 6. The van der Waals surface area contributed by atoms with Crippen LogP contribution in [-0.4, -0.2) is 64.7 Å². The second-order valence-electron chi connectivity index (χ2n) is 8.31. The summed E-state index contributed by atoms with van der Waals surface area (Å²) in [5.74, 6) is 2.36. The normalized spacial score (nSPS) is 19.7. The van der Waals surface area contributed by atoms with E-state index in [9.17, 15) is 9.59 Å². The number of H-pyrrole nitrogens is 1. The van der Waals surface area contributed by atoms with Gasteiger partial charge >= 0.3 is 0 Å². The second kappa shape index (κ2) is 9.18. The molecule has 2 aliphatic rings. The van der Waals surface area contributed by atoms with Gasteiger partial charge in [-0.3, -0.25) is 9.59 Å². The SMILES string of the molecule is CN(C)C1CCCN(C(=O)CCSCc2nc3sc4c(c3c(=O)[nH]2)CCCC4)C1. The summed E-state index contributed by atoms with van der Waals surface area (Å²) in [5, 5.41) is 0.814. The molecule has 1 aliphatic heterocycles. The van der Waals surface area contributed by atoms with Gasteiger partial charge in [0.15, 0.2) is 0 Å². The standard InChI is InChI=1S/C21H30N4O2S2/c1-24(2)14-6-5-10-25(12-14)18(26)9-11-28-13-17-22-20(27)19-15-7-3-4-8-16(15)29-21(19)23-17/h14H,3-13H2,1-2H3,(H,22,23,27). The highest BCUT2D eigenvalue weighted by atomic mass is 32.2. The molecule has 4 rings (SSSR count). The minimum atomic E-state index is 0.00382. The number of thioether (sulfide) groups is 1. The van der Waals surface area contributed by atoms with Crippen LogP contribution in [0.3, 0.4) is 0 Å². The number of piperidine rings is 1. The minimum Gasteiger partial charge on any atom is -0.341 e. The van der Waals surface area contributed by atoms with Crippen molar-refractivity contribution in [2.45, 2.75) is 56.7 Å². The summed E-state index contributed by atoms with van der Waals surface area (Å²) >= 11 is 3.36. The molecule has 3 heterocycles. The predicted molar refractivity (Wildman–Crippen MR) is 121 cm³/mol. The molecule has 6 nitrogen and oxygen atoms in total. The fourth-order valence-corrected chi connectivity index (χ4v) is 6.44. The molecule has 1 fully saturated rings. The van der Waals surface area contributed by atoms with Gasteiger partial charge in [0.2, 0.25) is 5.91 Å². The number of nitrogens with zero attached hydrogens (tertiary/aromatic N) is 3. The predicted octanol–water partition coefficient (Wildman–Crippen LogP) is 3.04. The molecule has 8 heteroatoms. The van der Waals surface area contributed by atoms with E-state index in [1.54, 1.807) is 23.1 Å². The zero-order valence-electron chi connectivity index (χ0n) is 17.3. The van der Waals surface area contributed by atoms with Crippen LogP contribution in [0, 0.1) is 0 Å². The fourth-order valence-electron chi connectivity index (χ4n) is 4.37. The van der Waals surface area contributed by atoms with Gasteiger partial charge in [-0.05, 0) is 58.2 Å². The quantitative estimate of drug-likeness (QED) is 0.708. The number of likely N-dealkylation sites (tertiary alicyclic amines) is 1. The monoisotopic (exact) mass is 434 g/mol. The first-order valence-corrected chi connectivity index (χ1v) is 12.6. The minimum absolute atomic E-state index is 0.00382. The van der Waals surface area contributed by atoms with E-state index in [2.05, 4.69) is 24.0 Å². The molecule has 1 unspecified atom stereocenters. The lowest BCUT2D eigenvalue weighted by molar-refractivity contribution is -0.132. The Morgan fingerprint density at radius 2 is 2.14 bits per heavy atom. The molecule has 0 bridgehead atoms. The molecule has 1 N–H and O–H groups in total. The molecule has 1 aliphatic carbocycles. The number of fused-ring (bicyclic) bond motifs is 3. The van der Waals surface area contributed by atoms with E-state index in [1.807, 2.05) is 4.90 Å². The smallest absolute Gasteiger partial charge is 0.259 e. The highest BCUT2D eigenvalue weighted by Crippen LogP contribution is 2.33. The van der Waals surface area contributed by atoms with E-state index < -0.39 is 0 Å². The zero-order chi connectivity index (χ0) is 20.4. The Balaban J connectivity index is 1.31. The number of thiophene rings is 1. The average molecular weight is 435 g/mol. The number of likely N-dealkylation sites (N-methyl/N-ethyl adjacent to an activating group) is 1. The molecule has 0 spiro atoms. The molecule has 2 aromatic rings. The summed E-state index contributed by atoms with van der Waals surface area (Å²) in [4.78, 5) is 39.3. The van der Waals surface area contributed by atoms with Crippen molar-refractivity contribution in [3.8, 4) is 0 Å². The number of rotatable bonds is 6. The number of aromatic amines is 1. The van der Waals surface area contributed by atoms with Gasteiger partial charge in [0.05, 0.1) is 11.1 Å². The van der Waals surface area contributed by atoms with Crippen LogP contribution in [0.1, 0.15) is 48.4 Å². The van der Waals surface area contributed by atoms with E-state index in [0.29, 0.717) is 18.2 Å². The molecule has 1 saturated heterocycles. The number of carbonyl (C=O) groups excluding carboxylic acids is 1. The van der Waals surface area contributed by atoms with E-state index in [-0.39, 0.29) is 11.5 Å². The number of nitrogens with one attached hydrogen (secondary N) is 1. The molecule has 0 radical (unpaired) electrons. The Hall–Kier alpha value is -1.38. The number of aromatic nitrogens is 2. The van der Waals surface area contributed by atoms with Crippen LogP contribution in [0.4, 0.5) is 0 Å². The fraction of sp³-hybridized carbons (Fsp3) is 0.667. The second-order valence-corrected chi connectivity index (χ2v) is 10.5. The third-order valence-corrected chi connectivity index (χ3v) is 8.21. The van der Waals surface area contributed by atoms with E-state index in [4.69, 9.17) is 4.98 Å². The third-order valence-electron chi connectivity index (χ3n) is 6.05. The maximum Gasteiger partial charge on any atom is 0.259 e. The molecular weight excluding hydrogens is 404 g/mol. The van der Waals surface area contributed by atoms with Crippen molar-refractivity contribution < 1.29 is 4.79 Å². The van der Waals surface area contributed by atoms with Crippen molar-refractivity contribution in [2.24, 2.45) is 0 Å². The lowest BCUT2D eigenvalue weighted by Gasteiger charge is -2.36. The van der Waals surface area contributed by atoms with Crippen LogP contribution in [0.25, 0.3) is 10.2 Å². The van der Waals surface area contributed by atoms with Crippen molar-refractivity contribution >= 4 is 39.2 Å². The van der Waals surface area contributed by atoms with Crippen molar-refractivity contribution in [1.29, 1.82) is 0 Å². The third kappa shape index (κ3) is 4.70. The molecule has 2 aromatic heterocycles. The van der Waals surface area contributed by atoms with Crippen molar-refractivity contribution in [2.75, 3.05) is 32.9 Å². The summed E-state index contributed by atoms with van der Waals surface area (Å²) in [6.07, 6.45) is 7.24. The summed E-state index contributed by atoms with van der Waals surface area (Å²) in [6.45, 7) is 1.72. The summed E-state index contributed by atoms with van der Waals surface area (Å²) < 4.78 is 0. The van der Waals surface area contributed by atoms with Crippen LogP contribution in [0.2, 0.25) is 0 Å². The Bertz CT molecular complexity index is 937. The summed E-state index contributed by atoms with van der Waals surface area (Å²) in [5.41, 5.74) is 1.23. The lowest BCUT2D eigenvalue weighted by atomic mass is 9.97. The number of carbonyl (C=O) groups is 1. The average Bonchev–Trinajstić information content (AvgIpc) is 3.10. The molecule has 158 valence electrons. The topological polar surface area (TPSA) is 69.3 Å². The maximum absolute atomic E-state index is 12.6. The first kappa shape index (κ1) is 20.9. The van der Waals surface area contributed by atoms with Gasteiger partial charge in [0.25, 0.3) is 5.56 Å². The summed E-state index contributed by atoms with van der Waals surface area (Å²) in [6, 6.07) is 0.470. The first-order chi connectivity index (χ1) is 14.0. The highest BCUT2D eigenvalue weighted by Gasteiger charge is 2.24. The van der Waals surface area contributed by atoms with E-state index >= 15 is 0 Å². The number of hydrogen-bond donors (Lipinski definition) is 1. The van der Waals surface area contributed by atoms with Crippen LogP contribution in [0.15, 0.2) is 4.79 Å². The van der Waals surface area contributed by atoms with Crippen molar-refractivity contribution in [3.63, 3.8) is 0 Å². The highest BCUT2D eigenvalue weighted by molar-refractivity contribution is 7.98. The Morgan fingerprint density at radius 1 is 1.31 bits per heavy atom. The molecule has 0 saturated carbocycles. The zero-order valence-corrected chi connectivity index (χ0v) is 19.0. The van der Waals surface area contributed by atoms with Crippen LogP contribution in [0.5, 0.6) is 0 Å². The lowest BCUT2D eigenvalue weighted by Crippen LogP contribution is -2.47. The Labute approximate surface area is 180 Å². The van der Waals surface area contributed by atoms with Crippen LogP contribution in [-0.2, 0) is 23.4 Å². The first-order valence-electron chi connectivity index (χ1n) is 10.6. The van der Waals surface area contributed by atoms with Crippen LogP contribution >= 0.6 is 23.1 Å². The Kier molecular flexibility index (Phi) is 6.61. The van der Waals surface area contributed by atoms with Crippen LogP contribution < -0.4 is 5.56 Å². The van der Waals surface area contributed by atoms with Crippen molar-refractivity contribution in [3.05, 3.63) is 26.6 Å². The van der Waals surface area contributed by atoms with Gasteiger partial charge in [-0.15, -0.1) is 11.3 Å². The van der Waals surface area contributed by atoms with Gasteiger partial charge in [0.1, 0.15) is 10.7 Å². The molecule has 1 amide bonds. The Morgan fingerprint density at radius 3 is 2.97 bits per heavy atom. The van der Waals surface area contributed by atoms with Gasteiger partial charge in [-0.2, -0.15) is 11.8 Å². The molecular formula is C21H30N4O2S2. The van der Waals surface area contributed by atoms with E-state index in [0.717, 1.165) is 60.6 Å². The summed E-state index contributed by atoms with van der Waals surface area (Å²) in [7, 11) is 4.17. The molecule has 1 atom stereocenters. The molecule has 29 heavy (non-hydrogen) atoms. The van der Waals surface area contributed by atoms with Gasteiger partial charge in [0, 0.05) is 36.2 Å². The van der Waals surface area contributed by atoms with Gasteiger partial charge in [-0.1, -0.05) is 0 Å². The molecule has 0 aromatic carbocycles. The number of amides is 1. The largest absolute Gasteiger partial charge is 0.341 e. The maximum atomic E-state index is 12.6. The van der Waals surface area contributed by atoms with Gasteiger partial charge in [-0.25, -0.2) is 4.98 Å².